The molecule has 0 aliphatic heterocycles. The lowest BCUT2D eigenvalue weighted by molar-refractivity contribution is 0.576. The number of hydrazine groups is 1. The molecule has 2 N–H and O–H groups in total. The third kappa shape index (κ3) is 3.46. The minimum atomic E-state index is -3.59. The molecule has 0 bridgehead atoms. The van der Waals surface area contributed by atoms with Crippen LogP contribution in [0.4, 0.5) is 0 Å². The topological polar surface area (TPSA) is 58.2 Å². The van der Waals surface area contributed by atoms with Crippen LogP contribution >= 0.6 is 0 Å². The Balaban J connectivity index is 2.05. The summed E-state index contributed by atoms with van der Waals surface area (Å²) in [4.78, 5) is 2.51. The molecule has 0 aliphatic carbocycles. The zero-order valence-electron chi connectivity index (χ0n) is 11.1. The maximum absolute atomic E-state index is 12.0. The van der Waals surface area contributed by atoms with Gasteiger partial charge in [-0.25, -0.2) is 8.42 Å². The molecule has 5 heteroatoms. The molecule has 0 amide bonds. The van der Waals surface area contributed by atoms with E-state index in [-0.39, 0.29) is 4.90 Å². The average molecular weight is 288 g/mol. The van der Waals surface area contributed by atoms with E-state index < -0.39 is 10.0 Å². The highest BCUT2D eigenvalue weighted by Gasteiger charge is 2.12. The van der Waals surface area contributed by atoms with Crippen LogP contribution in [0.3, 0.4) is 0 Å². The van der Waals surface area contributed by atoms with Crippen molar-refractivity contribution in [3.63, 3.8) is 0 Å². The summed E-state index contributed by atoms with van der Waals surface area (Å²) < 4.78 is 24.0. The van der Waals surface area contributed by atoms with Crippen molar-refractivity contribution in [1.82, 2.24) is 10.3 Å². The molecule has 0 saturated carbocycles. The normalized spacial score (nSPS) is 11.1. The fourth-order valence-electron chi connectivity index (χ4n) is 1.61. The molecule has 0 atom stereocenters. The monoisotopic (exact) mass is 288 g/mol. The largest absolute Gasteiger partial charge is 0.308 e. The highest BCUT2D eigenvalue weighted by molar-refractivity contribution is 7.89. The number of hydrogen-bond acceptors (Lipinski definition) is 3. The Labute approximate surface area is 119 Å². The van der Waals surface area contributed by atoms with Crippen LogP contribution in [0.25, 0.3) is 5.70 Å². The molecule has 20 heavy (non-hydrogen) atoms. The Morgan fingerprint density at radius 3 is 2.20 bits per heavy atom. The molecule has 0 heterocycles. The first-order valence-corrected chi connectivity index (χ1v) is 7.56. The van der Waals surface area contributed by atoms with Crippen LogP contribution < -0.4 is 10.3 Å². The third-order valence-electron chi connectivity index (χ3n) is 2.79. The van der Waals surface area contributed by atoms with E-state index in [1.54, 1.807) is 18.2 Å². The van der Waals surface area contributed by atoms with Crippen molar-refractivity contribution in [3.05, 3.63) is 72.3 Å². The highest BCUT2D eigenvalue weighted by Crippen LogP contribution is 2.11. The molecule has 2 aromatic carbocycles. The summed E-state index contributed by atoms with van der Waals surface area (Å²) in [5.41, 5.74) is 5.07. The van der Waals surface area contributed by atoms with E-state index in [0.29, 0.717) is 5.70 Å². The van der Waals surface area contributed by atoms with E-state index in [0.717, 1.165) is 11.1 Å². The van der Waals surface area contributed by atoms with Crippen LogP contribution in [0.5, 0.6) is 0 Å². The van der Waals surface area contributed by atoms with Gasteiger partial charge in [-0.2, -0.15) is 0 Å². The second kappa shape index (κ2) is 5.90. The molecular weight excluding hydrogens is 272 g/mol. The lowest BCUT2D eigenvalue weighted by Crippen LogP contribution is -2.35. The lowest BCUT2D eigenvalue weighted by Gasteiger charge is -2.12. The van der Waals surface area contributed by atoms with E-state index in [1.165, 1.54) is 12.1 Å². The summed E-state index contributed by atoms with van der Waals surface area (Å²) in [6.45, 7) is 5.80. The van der Waals surface area contributed by atoms with Crippen LogP contribution in [0.2, 0.25) is 0 Å². The first-order chi connectivity index (χ1) is 9.49. The summed E-state index contributed by atoms with van der Waals surface area (Å²) in [5.74, 6) is 0. The van der Waals surface area contributed by atoms with E-state index in [2.05, 4.69) is 16.8 Å². The number of nitrogens with one attached hydrogen (secondary N) is 2. The van der Waals surface area contributed by atoms with Gasteiger partial charge in [0, 0.05) is 5.70 Å². The van der Waals surface area contributed by atoms with Gasteiger partial charge < -0.3 is 5.43 Å². The van der Waals surface area contributed by atoms with Gasteiger partial charge in [-0.15, -0.1) is 4.83 Å². The second-order valence-electron chi connectivity index (χ2n) is 4.39. The molecule has 2 aromatic rings. The van der Waals surface area contributed by atoms with E-state index in [4.69, 9.17) is 0 Å². The number of sulfonamides is 1. The smallest absolute Gasteiger partial charge is 0.257 e. The minimum absolute atomic E-state index is 0.198. The summed E-state index contributed by atoms with van der Waals surface area (Å²) >= 11 is 0. The fraction of sp³-hybridized carbons (Fsp3) is 0.0667. The predicted octanol–water partition coefficient (Wildman–Crippen LogP) is 2.45. The summed E-state index contributed by atoms with van der Waals surface area (Å²) in [7, 11) is -3.59. The number of benzene rings is 2. The van der Waals surface area contributed by atoms with Gasteiger partial charge in [0.1, 0.15) is 0 Å². The van der Waals surface area contributed by atoms with E-state index >= 15 is 0 Å². The van der Waals surface area contributed by atoms with Gasteiger partial charge in [0.25, 0.3) is 10.0 Å². The first-order valence-electron chi connectivity index (χ1n) is 6.08. The minimum Gasteiger partial charge on any atom is -0.308 e. The SMILES string of the molecule is C=C(NNS(=O)(=O)c1ccccc1)c1ccc(C)cc1. The highest BCUT2D eigenvalue weighted by atomic mass is 32.2. The first kappa shape index (κ1) is 14.3. The summed E-state index contributed by atoms with van der Waals surface area (Å²) in [6.07, 6.45) is 0. The van der Waals surface area contributed by atoms with Gasteiger partial charge in [-0.3, -0.25) is 0 Å². The second-order valence-corrected chi connectivity index (χ2v) is 6.07. The van der Waals surface area contributed by atoms with Crippen LogP contribution in [-0.4, -0.2) is 8.42 Å². The Morgan fingerprint density at radius 1 is 1.00 bits per heavy atom. The van der Waals surface area contributed by atoms with Gasteiger partial charge >= 0.3 is 0 Å². The molecule has 4 nitrogen and oxygen atoms in total. The molecule has 0 fully saturated rings. The maximum Gasteiger partial charge on any atom is 0.257 e. The van der Waals surface area contributed by atoms with Crippen LogP contribution in [0.15, 0.2) is 66.1 Å². The van der Waals surface area contributed by atoms with Gasteiger partial charge in [0.2, 0.25) is 0 Å². The van der Waals surface area contributed by atoms with Crippen molar-refractivity contribution >= 4 is 15.7 Å². The average Bonchev–Trinajstić information content (AvgIpc) is 2.46. The zero-order valence-corrected chi connectivity index (χ0v) is 11.9. The zero-order chi connectivity index (χ0) is 14.6. The number of hydrogen-bond donors (Lipinski definition) is 2. The lowest BCUT2D eigenvalue weighted by atomic mass is 10.1. The molecule has 104 valence electrons. The Morgan fingerprint density at radius 2 is 1.60 bits per heavy atom. The van der Waals surface area contributed by atoms with Crippen LogP contribution in [0, 0.1) is 6.92 Å². The van der Waals surface area contributed by atoms with Crippen molar-refractivity contribution in [2.24, 2.45) is 0 Å². The van der Waals surface area contributed by atoms with Gasteiger partial charge in [0.15, 0.2) is 0 Å². The summed E-state index contributed by atoms with van der Waals surface area (Å²) in [6, 6.07) is 15.8. The molecule has 0 spiro atoms. The Hall–Kier alpha value is -2.11. The predicted molar refractivity (Wildman–Crippen MR) is 80.1 cm³/mol. The Bertz CT molecular complexity index is 692. The van der Waals surface area contributed by atoms with Crippen molar-refractivity contribution in [1.29, 1.82) is 0 Å². The van der Waals surface area contributed by atoms with Crippen molar-refractivity contribution < 1.29 is 8.42 Å². The molecule has 0 saturated heterocycles. The standard InChI is InChI=1S/C15H16N2O2S/c1-12-8-10-14(11-9-12)13(2)16-17-20(18,19)15-6-4-3-5-7-15/h3-11,16-17H,2H2,1H3. The number of rotatable bonds is 5. The Kier molecular flexibility index (Phi) is 4.22. The van der Waals surface area contributed by atoms with Gasteiger partial charge in [-0.1, -0.05) is 54.6 Å². The van der Waals surface area contributed by atoms with Gasteiger partial charge in [0.05, 0.1) is 4.90 Å². The molecule has 0 aliphatic rings. The van der Waals surface area contributed by atoms with Crippen LogP contribution in [-0.2, 0) is 10.0 Å². The van der Waals surface area contributed by atoms with Crippen molar-refractivity contribution in [3.8, 4) is 0 Å². The quantitative estimate of drug-likeness (QED) is 0.831. The van der Waals surface area contributed by atoms with Gasteiger partial charge in [-0.05, 0) is 24.6 Å². The van der Waals surface area contributed by atoms with Crippen molar-refractivity contribution in [2.45, 2.75) is 11.8 Å². The molecule has 0 unspecified atom stereocenters. The summed E-state index contributed by atoms with van der Waals surface area (Å²) in [5, 5.41) is 0. The molecule has 2 rings (SSSR count). The third-order valence-corrected chi connectivity index (χ3v) is 4.05. The van der Waals surface area contributed by atoms with Crippen LogP contribution in [0.1, 0.15) is 11.1 Å². The van der Waals surface area contributed by atoms with E-state index in [1.807, 2.05) is 31.2 Å². The van der Waals surface area contributed by atoms with Crippen molar-refractivity contribution in [2.75, 3.05) is 0 Å². The molecule has 0 aromatic heterocycles. The maximum atomic E-state index is 12.0. The number of aryl methyl sites for hydroxylation is 1. The van der Waals surface area contributed by atoms with E-state index in [9.17, 15) is 8.42 Å². The fourth-order valence-corrected chi connectivity index (χ4v) is 2.51. The molecule has 0 radical (unpaired) electrons. The molecular formula is C15H16N2O2S.